The van der Waals surface area contributed by atoms with E-state index in [0.717, 1.165) is 24.6 Å². The van der Waals surface area contributed by atoms with Gasteiger partial charge in [-0.2, -0.15) is 0 Å². The average Bonchev–Trinajstić information content (AvgIpc) is 3.05. The summed E-state index contributed by atoms with van der Waals surface area (Å²) in [4.78, 5) is 15.2. The Labute approximate surface area is 98.0 Å². The Morgan fingerprint density at radius 1 is 1.62 bits per heavy atom. The van der Waals surface area contributed by atoms with Crippen LogP contribution in [0.1, 0.15) is 29.6 Å². The first-order valence-electron chi connectivity index (χ1n) is 5.26. The summed E-state index contributed by atoms with van der Waals surface area (Å²) in [5.41, 5.74) is 0.0949. The van der Waals surface area contributed by atoms with E-state index in [4.69, 9.17) is 11.6 Å². The number of hydrogen-bond donors (Lipinski definition) is 1. The van der Waals surface area contributed by atoms with Crippen molar-refractivity contribution in [2.75, 3.05) is 6.54 Å². The molecule has 0 aliphatic heterocycles. The largest absolute Gasteiger partial charge is 0.352 e. The quantitative estimate of drug-likeness (QED) is 0.824. The normalized spacial score (nSPS) is 14.9. The molecule has 0 aromatic carbocycles. The van der Waals surface area contributed by atoms with Crippen LogP contribution in [0, 0.1) is 11.7 Å². The van der Waals surface area contributed by atoms with Crippen LogP contribution in [0.2, 0.25) is 5.15 Å². The Kier molecular flexibility index (Phi) is 3.39. The van der Waals surface area contributed by atoms with Gasteiger partial charge in [0.05, 0.1) is 11.8 Å². The number of nitrogens with zero attached hydrogens (tertiary/aromatic N) is 1. The Morgan fingerprint density at radius 2 is 2.38 bits per heavy atom. The van der Waals surface area contributed by atoms with Gasteiger partial charge in [0, 0.05) is 6.54 Å². The molecule has 16 heavy (non-hydrogen) atoms. The van der Waals surface area contributed by atoms with Crippen molar-refractivity contribution in [3.8, 4) is 0 Å². The highest BCUT2D eigenvalue weighted by Gasteiger charge is 2.21. The third kappa shape index (κ3) is 2.92. The van der Waals surface area contributed by atoms with E-state index >= 15 is 0 Å². The maximum absolute atomic E-state index is 12.9. The molecule has 0 spiro atoms. The second-order valence-electron chi connectivity index (χ2n) is 3.98. The summed E-state index contributed by atoms with van der Waals surface area (Å²) >= 11 is 5.71. The van der Waals surface area contributed by atoms with E-state index in [1.54, 1.807) is 0 Å². The number of carbonyl (C=O) groups is 1. The fourth-order valence-corrected chi connectivity index (χ4v) is 1.66. The molecule has 86 valence electrons. The molecule has 0 radical (unpaired) electrons. The minimum absolute atomic E-state index is 0.0327. The third-order valence-electron chi connectivity index (χ3n) is 2.59. The topological polar surface area (TPSA) is 42.0 Å². The van der Waals surface area contributed by atoms with Gasteiger partial charge in [-0.1, -0.05) is 24.4 Å². The molecule has 1 heterocycles. The van der Waals surface area contributed by atoms with Gasteiger partial charge in [-0.05, 0) is 18.4 Å². The van der Waals surface area contributed by atoms with Crippen LogP contribution >= 0.6 is 11.6 Å². The lowest BCUT2D eigenvalue weighted by Gasteiger charge is -2.05. The number of hydrogen-bond acceptors (Lipinski definition) is 2. The third-order valence-corrected chi connectivity index (χ3v) is 2.89. The Bertz CT molecular complexity index is 407. The first-order chi connectivity index (χ1) is 7.66. The van der Waals surface area contributed by atoms with Crippen LogP contribution in [0.4, 0.5) is 4.39 Å². The SMILES string of the molecule is O=C(NCCC1CC1)c1cc(F)cnc1Cl. The molecule has 1 aliphatic carbocycles. The van der Waals surface area contributed by atoms with E-state index in [9.17, 15) is 9.18 Å². The lowest BCUT2D eigenvalue weighted by Crippen LogP contribution is -2.25. The van der Waals surface area contributed by atoms with Crippen molar-refractivity contribution in [1.29, 1.82) is 0 Å². The average molecular weight is 243 g/mol. The molecule has 0 bridgehead atoms. The van der Waals surface area contributed by atoms with Gasteiger partial charge in [0.25, 0.3) is 5.91 Å². The highest BCUT2D eigenvalue weighted by Crippen LogP contribution is 2.31. The minimum atomic E-state index is -0.559. The van der Waals surface area contributed by atoms with Crippen LogP contribution in [0.15, 0.2) is 12.3 Å². The van der Waals surface area contributed by atoms with E-state index in [1.807, 2.05) is 0 Å². The molecule has 3 nitrogen and oxygen atoms in total. The van der Waals surface area contributed by atoms with Gasteiger partial charge >= 0.3 is 0 Å². The number of aromatic nitrogens is 1. The molecule has 0 unspecified atom stereocenters. The molecule has 2 rings (SSSR count). The second-order valence-corrected chi connectivity index (χ2v) is 4.34. The Morgan fingerprint density at radius 3 is 3.06 bits per heavy atom. The van der Waals surface area contributed by atoms with E-state index in [-0.39, 0.29) is 16.6 Å². The van der Waals surface area contributed by atoms with Crippen LogP contribution < -0.4 is 5.32 Å². The van der Waals surface area contributed by atoms with Crippen LogP contribution in [0.5, 0.6) is 0 Å². The van der Waals surface area contributed by atoms with Gasteiger partial charge in [-0.3, -0.25) is 4.79 Å². The number of amides is 1. The monoisotopic (exact) mass is 242 g/mol. The maximum atomic E-state index is 12.9. The fourth-order valence-electron chi connectivity index (χ4n) is 1.47. The smallest absolute Gasteiger partial charge is 0.254 e. The van der Waals surface area contributed by atoms with Gasteiger partial charge in [0.1, 0.15) is 11.0 Å². The fraction of sp³-hybridized carbons (Fsp3) is 0.455. The van der Waals surface area contributed by atoms with Crippen LogP contribution in [0.3, 0.4) is 0 Å². The predicted molar refractivity (Wildman–Crippen MR) is 58.9 cm³/mol. The summed E-state index contributed by atoms with van der Waals surface area (Å²) in [5, 5.41) is 2.74. The number of halogens is 2. The maximum Gasteiger partial charge on any atom is 0.254 e. The van der Waals surface area contributed by atoms with Crippen molar-refractivity contribution < 1.29 is 9.18 Å². The molecule has 0 atom stereocenters. The number of carbonyl (C=O) groups excluding carboxylic acids is 1. The van der Waals surface area contributed by atoms with E-state index < -0.39 is 5.82 Å². The summed E-state index contributed by atoms with van der Waals surface area (Å²) in [6.07, 6.45) is 4.46. The highest BCUT2D eigenvalue weighted by molar-refractivity contribution is 6.32. The molecule has 1 saturated carbocycles. The van der Waals surface area contributed by atoms with Crippen molar-refractivity contribution in [1.82, 2.24) is 10.3 Å². The Balaban J connectivity index is 1.93. The molecule has 1 aromatic heterocycles. The first-order valence-corrected chi connectivity index (χ1v) is 5.64. The molecule has 1 amide bonds. The summed E-state index contributed by atoms with van der Waals surface area (Å²) in [7, 11) is 0. The zero-order chi connectivity index (χ0) is 11.5. The van der Waals surface area contributed by atoms with Crippen LogP contribution in [0.25, 0.3) is 0 Å². The lowest BCUT2D eigenvalue weighted by atomic mass is 10.2. The summed E-state index contributed by atoms with van der Waals surface area (Å²) in [5.74, 6) is -0.171. The van der Waals surface area contributed by atoms with Crippen molar-refractivity contribution in [2.24, 2.45) is 5.92 Å². The predicted octanol–water partition coefficient (Wildman–Crippen LogP) is 2.40. The Hall–Kier alpha value is -1.16. The molecular weight excluding hydrogens is 231 g/mol. The zero-order valence-corrected chi connectivity index (χ0v) is 9.43. The van der Waals surface area contributed by atoms with Crippen molar-refractivity contribution >= 4 is 17.5 Å². The van der Waals surface area contributed by atoms with Gasteiger partial charge in [0.2, 0.25) is 0 Å². The highest BCUT2D eigenvalue weighted by atomic mass is 35.5. The molecule has 1 N–H and O–H groups in total. The number of pyridine rings is 1. The van der Waals surface area contributed by atoms with Gasteiger partial charge < -0.3 is 5.32 Å². The molecular formula is C11H12ClFN2O. The second kappa shape index (κ2) is 4.78. The summed E-state index contributed by atoms with van der Waals surface area (Å²) in [6, 6.07) is 1.10. The van der Waals surface area contributed by atoms with Gasteiger partial charge in [0.15, 0.2) is 0 Å². The number of rotatable bonds is 4. The van der Waals surface area contributed by atoms with Crippen molar-refractivity contribution in [3.05, 3.63) is 28.8 Å². The minimum Gasteiger partial charge on any atom is -0.352 e. The lowest BCUT2D eigenvalue weighted by molar-refractivity contribution is 0.0952. The molecule has 1 aliphatic rings. The molecule has 1 aromatic rings. The molecule has 1 fully saturated rings. The summed E-state index contributed by atoms with van der Waals surface area (Å²) in [6.45, 7) is 0.607. The van der Waals surface area contributed by atoms with Crippen molar-refractivity contribution in [2.45, 2.75) is 19.3 Å². The van der Waals surface area contributed by atoms with Crippen molar-refractivity contribution in [3.63, 3.8) is 0 Å². The van der Waals surface area contributed by atoms with Gasteiger partial charge in [-0.15, -0.1) is 0 Å². The van der Waals surface area contributed by atoms with E-state index in [2.05, 4.69) is 10.3 Å². The number of nitrogens with one attached hydrogen (secondary N) is 1. The van der Waals surface area contributed by atoms with E-state index in [1.165, 1.54) is 12.8 Å². The zero-order valence-electron chi connectivity index (χ0n) is 8.67. The van der Waals surface area contributed by atoms with Crippen LogP contribution in [-0.4, -0.2) is 17.4 Å². The first kappa shape index (κ1) is 11.3. The standard InChI is InChI=1S/C11H12ClFN2O/c12-10-9(5-8(13)6-15-10)11(16)14-4-3-7-1-2-7/h5-7H,1-4H2,(H,14,16). The van der Waals surface area contributed by atoms with E-state index in [0.29, 0.717) is 6.54 Å². The molecule has 0 saturated heterocycles. The summed E-state index contributed by atoms with van der Waals surface area (Å²) < 4.78 is 12.9. The molecule has 5 heteroatoms. The van der Waals surface area contributed by atoms with Crippen LogP contribution in [-0.2, 0) is 0 Å². The van der Waals surface area contributed by atoms with Gasteiger partial charge in [-0.25, -0.2) is 9.37 Å².